The molecule has 0 aromatic rings. The minimum atomic E-state index is -0.00934. The molecule has 0 saturated heterocycles. The average Bonchev–Trinajstić information content (AvgIpc) is 2.66. The molecule has 0 heterocycles. The van der Waals surface area contributed by atoms with Crippen molar-refractivity contribution in [2.45, 2.75) is 109 Å². The molecule has 0 aliphatic rings. The third kappa shape index (κ3) is 20.2. The molecule has 0 aromatic heterocycles. The average molecular weight is 375 g/mol. The monoisotopic (exact) mass is 374 g/mol. The van der Waals surface area contributed by atoms with Gasteiger partial charge in [0.1, 0.15) is 6.79 Å². The Bertz CT molecular complexity index is 244. The number of hydrogen-bond donors (Lipinski definition) is 0. The van der Waals surface area contributed by atoms with Crippen LogP contribution in [0.4, 0.5) is 0 Å². The topological polar surface area (TPSA) is 36.9 Å². The van der Waals surface area contributed by atoms with Gasteiger partial charge in [-0.05, 0) is 19.3 Å². The van der Waals surface area contributed by atoms with Gasteiger partial charge in [0.15, 0.2) is 6.29 Å². The van der Waals surface area contributed by atoms with E-state index in [1.807, 2.05) is 0 Å². The predicted octanol–water partition coefficient (Wildman–Crippen LogP) is 6.47. The molecule has 0 spiro atoms. The van der Waals surface area contributed by atoms with E-state index in [9.17, 15) is 0 Å². The Morgan fingerprint density at radius 3 is 1.27 bits per heavy atom. The molecule has 0 N–H and O–H groups in total. The summed E-state index contributed by atoms with van der Waals surface area (Å²) in [5.74, 6) is 0. The summed E-state index contributed by atoms with van der Waals surface area (Å²) in [7, 11) is 5.11. The van der Waals surface area contributed by atoms with Crippen LogP contribution in [0.25, 0.3) is 0 Å². The largest absolute Gasteiger partial charge is 0.359 e. The predicted molar refractivity (Wildman–Crippen MR) is 110 cm³/mol. The van der Waals surface area contributed by atoms with Crippen LogP contribution in [0.5, 0.6) is 0 Å². The molecule has 0 atom stereocenters. The normalized spacial score (nSPS) is 11.5. The smallest absolute Gasteiger partial charge is 0.156 e. The highest BCUT2D eigenvalue weighted by Crippen LogP contribution is 2.14. The van der Waals surface area contributed by atoms with Crippen LogP contribution in [-0.2, 0) is 18.9 Å². The van der Waals surface area contributed by atoms with E-state index in [2.05, 4.69) is 0 Å². The first-order valence-electron chi connectivity index (χ1n) is 11.0. The Kier molecular flexibility index (Phi) is 22.7. The van der Waals surface area contributed by atoms with Crippen LogP contribution in [0.2, 0.25) is 0 Å². The van der Waals surface area contributed by atoms with Crippen molar-refractivity contribution in [1.82, 2.24) is 0 Å². The van der Waals surface area contributed by atoms with Crippen LogP contribution >= 0.6 is 0 Å². The summed E-state index contributed by atoms with van der Waals surface area (Å²) in [5, 5.41) is 0. The molecule has 26 heavy (non-hydrogen) atoms. The SMILES string of the molecule is COCOCCCCCCCCCCCCCCCCCC(OC)OC. The molecule has 0 radical (unpaired) electrons. The Labute approximate surface area is 163 Å². The van der Waals surface area contributed by atoms with Gasteiger partial charge in [0.05, 0.1) is 0 Å². The molecule has 0 amide bonds. The van der Waals surface area contributed by atoms with Crippen molar-refractivity contribution in [3.63, 3.8) is 0 Å². The second-order valence-corrected chi connectivity index (χ2v) is 7.31. The molecule has 0 saturated carbocycles. The maximum atomic E-state index is 5.29. The summed E-state index contributed by atoms with van der Waals surface area (Å²) in [6.07, 6.45) is 21.4. The fraction of sp³-hybridized carbons (Fsp3) is 1.00. The summed E-state index contributed by atoms with van der Waals surface area (Å²) in [6.45, 7) is 1.28. The van der Waals surface area contributed by atoms with E-state index in [0.29, 0.717) is 6.79 Å². The molecule has 0 bridgehead atoms. The molecule has 158 valence electrons. The molecular weight excluding hydrogens is 328 g/mol. The second-order valence-electron chi connectivity index (χ2n) is 7.31. The van der Waals surface area contributed by atoms with Crippen molar-refractivity contribution < 1.29 is 18.9 Å². The van der Waals surface area contributed by atoms with Gasteiger partial charge < -0.3 is 18.9 Å². The molecule has 0 aromatic carbocycles. The van der Waals surface area contributed by atoms with Crippen LogP contribution in [0.1, 0.15) is 103 Å². The van der Waals surface area contributed by atoms with Crippen LogP contribution in [0, 0.1) is 0 Å². The van der Waals surface area contributed by atoms with E-state index < -0.39 is 0 Å². The lowest BCUT2D eigenvalue weighted by molar-refractivity contribution is -0.107. The Morgan fingerprint density at radius 2 is 0.885 bits per heavy atom. The van der Waals surface area contributed by atoms with E-state index in [-0.39, 0.29) is 6.29 Å². The van der Waals surface area contributed by atoms with Gasteiger partial charge in [0, 0.05) is 27.9 Å². The molecule has 0 fully saturated rings. The Morgan fingerprint density at radius 1 is 0.500 bits per heavy atom. The third-order valence-corrected chi connectivity index (χ3v) is 4.96. The van der Waals surface area contributed by atoms with E-state index in [1.165, 1.54) is 96.3 Å². The van der Waals surface area contributed by atoms with Gasteiger partial charge in [0.25, 0.3) is 0 Å². The molecule has 4 heteroatoms. The minimum absolute atomic E-state index is 0.00934. The minimum Gasteiger partial charge on any atom is -0.359 e. The first kappa shape index (κ1) is 25.8. The maximum absolute atomic E-state index is 5.29. The van der Waals surface area contributed by atoms with Crippen LogP contribution in [-0.4, -0.2) is 41.0 Å². The van der Waals surface area contributed by atoms with Gasteiger partial charge in [-0.3, -0.25) is 0 Å². The maximum Gasteiger partial charge on any atom is 0.156 e. The van der Waals surface area contributed by atoms with Crippen molar-refractivity contribution in [1.29, 1.82) is 0 Å². The summed E-state index contributed by atoms with van der Waals surface area (Å²) in [4.78, 5) is 0. The van der Waals surface area contributed by atoms with Crippen molar-refractivity contribution >= 4 is 0 Å². The number of rotatable bonds is 22. The molecule has 0 unspecified atom stereocenters. The molecule has 0 rings (SSSR count). The number of unbranched alkanes of at least 4 members (excludes halogenated alkanes) is 14. The lowest BCUT2D eigenvalue weighted by atomic mass is 10.0. The lowest BCUT2D eigenvalue weighted by Gasteiger charge is -2.12. The number of methoxy groups -OCH3 is 3. The standard InChI is InChI=1S/C22H46O4/c1-23-21-26-20-18-16-14-12-10-8-6-4-5-7-9-11-13-15-17-19-22(24-2)25-3/h22H,4-21H2,1-3H3. The summed E-state index contributed by atoms with van der Waals surface area (Å²) < 4.78 is 20.6. The zero-order chi connectivity index (χ0) is 19.1. The fourth-order valence-electron chi connectivity index (χ4n) is 3.29. The highest BCUT2D eigenvalue weighted by molar-refractivity contribution is 4.51. The van der Waals surface area contributed by atoms with Gasteiger partial charge in [-0.25, -0.2) is 0 Å². The first-order valence-corrected chi connectivity index (χ1v) is 11.0. The van der Waals surface area contributed by atoms with Gasteiger partial charge in [-0.15, -0.1) is 0 Å². The lowest BCUT2D eigenvalue weighted by Crippen LogP contribution is -2.12. The van der Waals surface area contributed by atoms with Crippen LogP contribution < -0.4 is 0 Å². The van der Waals surface area contributed by atoms with Crippen molar-refractivity contribution in [3.05, 3.63) is 0 Å². The van der Waals surface area contributed by atoms with Crippen molar-refractivity contribution in [2.75, 3.05) is 34.7 Å². The highest BCUT2D eigenvalue weighted by atomic mass is 16.7. The van der Waals surface area contributed by atoms with Gasteiger partial charge in [-0.1, -0.05) is 83.5 Å². The van der Waals surface area contributed by atoms with Gasteiger partial charge in [0.2, 0.25) is 0 Å². The van der Waals surface area contributed by atoms with Gasteiger partial charge >= 0.3 is 0 Å². The number of hydrogen-bond acceptors (Lipinski definition) is 4. The van der Waals surface area contributed by atoms with Crippen LogP contribution in [0.15, 0.2) is 0 Å². The van der Waals surface area contributed by atoms with E-state index in [1.54, 1.807) is 21.3 Å². The molecule has 0 aliphatic carbocycles. The zero-order valence-corrected chi connectivity index (χ0v) is 17.9. The fourth-order valence-corrected chi connectivity index (χ4v) is 3.29. The highest BCUT2D eigenvalue weighted by Gasteiger charge is 2.03. The Balaban J connectivity index is 3.03. The summed E-state index contributed by atoms with van der Waals surface area (Å²) in [6, 6.07) is 0. The third-order valence-electron chi connectivity index (χ3n) is 4.96. The van der Waals surface area contributed by atoms with Crippen molar-refractivity contribution in [3.8, 4) is 0 Å². The first-order chi connectivity index (χ1) is 12.8. The number of ether oxygens (including phenoxy) is 4. The summed E-state index contributed by atoms with van der Waals surface area (Å²) >= 11 is 0. The van der Waals surface area contributed by atoms with Crippen LogP contribution in [0.3, 0.4) is 0 Å². The van der Waals surface area contributed by atoms with E-state index in [4.69, 9.17) is 18.9 Å². The summed E-state index contributed by atoms with van der Waals surface area (Å²) in [5.41, 5.74) is 0. The molecule has 0 aliphatic heterocycles. The van der Waals surface area contributed by atoms with E-state index >= 15 is 0 Å². The second kappa shape index (κ2) is 22.9. The van der Waals surface area contributed by atoms with E-state index in [0.717, 1.165) is 13.0 Å². The molecule has 4 nitrogen and oxygen atoms in total. The van der Waals surface area contributed by atoms with Crippen molar-refractivity contribution in [2.24, 2.45) is 0 Å². The quantitative estimate of drug-likeness (QED) is 0.161. The Hall–Kier alpha value is -0.160. The molecular formula is C22H46O4. The zero-order valence-electron chi connectivity index (χ0n) is 17.9. The van der Waals surface area contributed by atoms with Gasteiger partial charge in [-0.2, -0.15) is 0 Å².